The number of carbonyl (C=O) groups is 1. The molecule has 5 heteroatoms. The molecule has 102 valence electrons. The third kappa shape index (κ3) is 4.13. The minimum Gasteiger partial charge on any atom is -0.289 e. The van der Waals surface area contributed by atoms with Crippen molar-refractivity contribution in [3.8, 4) is 0 Å². The fourth-order valence-corrected chi connectivity index (χ4v) is 3.09. The van der Waals surface area contributed by atoms with Crippen LogP contribution in [0.1, 0.15) is 10.4 Å². The number of carbonyl (C=O) groups excluding carboxylic acids is 1. The van der Waals surface area contributed by atoms with Gasteiger partial charge in [-0.2, -0.15) is 0 Å². The summed E-state index contributed by atoms with van der Waals surface area (Å²) in [6, 6.07) is 12.5. The molecule has 0 atom stereocenters. The number of ketones is 1. The molecule has 0 aliphatic carbocycles. The van der Waals surface area contributed by atoms with E-state index in [2.05, 4.69) is 15.9 Å². The van der Waals surface area contributed by atoms with Crippen molar-refractivity contribution in [1.82, 2.24) is 0 Å². The second kappa shape index (κ2) is 7.32. The molecule has 0 unspecified atom stereocenters. The van der Waals surface area contributed by atoms with E-state index in [4.69, 9.17) is 23.2 Å². The molecule has 0 N–H and O–H groups in total. The van der Waals surface area contributed by atoms with Crippen molar-refractivity contribution < 1.29 is 4.79 Å². The van der Waals surface area contributed by atoms with E-state index in [-0.39, 0.29) is 5.78 Å². The molecule has 2 rings (SSSR count). The summed E-state index contributed by atoms with van der Waals surface area (Å²) in [5.74, 6) is -0.0619. The van der Waals surface area contributed by atoms with Crippen LogP contribution in [0, 0.1) is 0 Å². The Hall–Kier alpha value is -0.740. The number of hydrogen-bond acceptors (Lipinski definition) is 2. The molecule has 0 bridgehead atoms. The van der Waals surface area contributed by atoms with Crippen molar-refractivity contribution in [3.05, 3.63) is 74.0 Å². The molecule has 0 fully saturated rings. The summed E-state index contributed by atoms with van der Waals surface area (Å²) in [5.41, 5.74) is 0.635. The molecule has 0 radical (unpaired) electrons. The molecule has 2 aromatic rings. The van der Waals surface area contributed by atoms with Gasteiger partial charge in [0.2, 0.25) is 0 Å². The Bertz CT molecular complexity index is 633. The van der Waals surface area contributed by atoms with E-state index in [9.17, 15) is 4.79 Å². The summed E-state index contributed by atoms with van der Waals surface area (Å²) < 4.78 is 0.940. The average Bonchev–Trinajstić information content (AvgIpc) is 2.42. The highest BCUT2D eigenvalue weighted by molar-refractivity contribution is 9.10. The van der Waals surface area contributed by atoms with Crippen LogP contribution in [-0.4, -0.2) is 5.78 Å². The van der Waals surface area contributed by atoms with Crippen molar-refractivity contribution in [2.75, 3.05) is 0 Å². The Kier molecular flexibility index (Phi) is 5.73. The predicted molar refractivity (Wildman–Crippen MR) is 89.9 cm³/mol. The molecule has 0 aliphatic rings. The van der Waals surface area contributed by atoms with Crippen LogP contribution in [0.5, 0.6) is 0 Å². The minimum atomic E-state index is -0.0619. The van der Waals surface area contributed by atoms with Crippen LogP contribution in [0.2, 0.25) is 10.0 Å². The molecule has 1 nitrogen and oxygen atoms in total. The van der Waals surface area contributed by atoms with Crippen molar-refractivity contribution in [1.29, 1.82) is 0 Å². The fourth-order valence-electron chi connectivity index (χ4n) is 1.47. The average molecular weight is 388 g/mol. The summed E-state index contributed by atoms with van der Waals surface area (Å²) in [4.78, 5) is 12.7. The first-order valence-corrected chi connectivity index (χ1v) is 8.08. The molecule has 0 saturated carbocycles. The summed E-state index contributed by atoms with van der Waals surface area (Å²) in [7, 11) is 0. The highest BCUT2D eigenvalue weighted by Crippen LogP contribution is 2.34. The van der Waals surface area contributed by atoms with Crippen LogP contribution < -0.4 is 0 Å². The number of allylic oxidation sites excluding steroid dienone is 1. The SMILES string of the molecule is O=C(/C=C/Sc1c(Cl)cccc1Cl)c1ccc(Br)cc1. The van der Waals surface area contributed by atoms with Gasteiger partial charge in [-0.1, -0.05) is 57.0 Å². The lowest BCUT2D eigenvalue weighted by Gasteiger charge is -2.02. The van der Waals surface area contributed by atoms with E-state index in [0.29, 0.717) is 15.6 Å². The number of benzene rings is 2. The van der Waals surface area contributed by atoms with Gasteiger partial charge in [-0.3, -0.25) is 4.79 Å². The summed E-state index contributed by atoms with van der Waals surface area (Å²) in [6.45, 7) is 0. The van der Waals surface area contributed by atoms with E-state index < -0.39 is 0 Å². The van der Waals surface area contributed by atoms with Gasteiger partial charge < -0.3 is 0 Å². The maximum absolute atomic E-state index is 11.9. The zero-order chi connectivity index (χ0) is 14.5. The molecule has 0 aromatic heterocycles. The van der Waals surface area contributed by atoms with Gasteiger partial charge in [0.15, 0.2) is 5.78 Å². The second-order valence-electron chi connectivity index (χ2n) is 3.84. The highest BCUT2D eigenvalue weighted by Gasteiger charge is 2.05. The van der Waals surface area contributed by atoms with E-state index in [1.807, 2.05) is 12.1 Å². The Balaban J connectivity index is 2.07. The Morgan fingerprint density at radius 1 is 1.05 bits per heavy atom. The lowest BCUT2D eigenvalue weighted by atomic mass is 10.1. The topological polar surface area (TPSA) is 17.1 Å². The van der Waals surface area contributed by atoms with Gasteiger partial charge in [-0.25, -0.2) is 0 Å². The van der Waals surface area contributed by atoms with E-state index in [0.717, 1.165) is 9.37 Å². The smallest absolute Gasteiger partial charge is 0.186 e. The predicted octanol–water partition coefficient (Wildman–Crippen LogP) is 6.24. The Morgan fingerprint density at radius 2 is 1.65 bits per heavy atom. The third-order valence-corrected chi connectivity index (χ3v) is 4.78. The molecule has 0 saturated heterocycles. The number of rotatable bonds is 4. The van der Waals surface area contributed by atoms with Gasteiger partial charge in [-0.05, 0) is 47.9 Å². The first kappa shape index (κ1) is 15.6. The van der Waals surface area contributed by atoms with Crippen molar-refractivity contribution in [3.63, 3.8) is 0 Å². The minimum absolute atomic E-state index is 0.0619. The second-order valence-corrected chi connectivity index (χ2v) is 6.49. The van der Waals surface area contributed by atoms with Gasteiger partial charge in [0, 0.05) is 14.9 Å². The summed E-state index contributed by atoms with van der Waals surface area (Å²) in [6.07, 6.45) is 1.51. The number of halogens is 3. The van der Waals surface area contributed by atoms with Crippen LogP contribution >= 0.6 is 50.9 Å². The molecule has 0 amide bonds. The van der Waals surface area contributed by atoms with Crippen LogP contribution in [0.3, 0.4) is 0 Å². The van der Waals surface area contributed by atoms with Crippen molar-refractivity contribution in [2.45, 2.75) is 4.90 Å². The Morgan fingerprint density at radius 3 is 2.25 bits per heavy atom. The van der Waals surface area contributed by atoms with E-state index >= 15 is 0 Å². The molecule has 2 aromatic carbocycles. The number of thioether (sulfide) groups is 1. The zero-order valence-corrected chi connectivity index (χ0v) is 14.1. The molecule has 0 heterocycles. The fraction of sp³-hybridized carbons (Fsp3) is 0. The van der Waals surface area contributed by atoms with Gasteiger partial charge in [0.25, 0.3) is 0 Å². The first-order valence-electron chi connectivity index (χ1n) is 5.65. The molecule has 0 aliphatic heterocycles. The quantitative estimate of drug-likeness (QED) is 0.350. The molecular weight excluding hydrogens is 379 g/mol. The first-order chi connectivity index (χ1) is 9.58. The monoisotopic (exact) mass is 386 g/mol. The van der Waals surface area contributed by atoms with Gasteiger partial charge >= 0.3 is 0 Å². The van der Waals surface area contributed by atoms with Crippen molar-refractivity contribution in [2.24, 2.45) is 0 Å². The van der Waals surface area contributed by atoms with Crippen LogP contribution in [0.4, 0.5) is 0 Å². The highest BCUT2D eigenvalue weighted by atomic mass is 79.9. The van der Waals surface area contributed by atoms with Crippen LogP contribution in [0.25, 0.3) is 0 Å². The zero-order valence-electron chi connectivity index (χ0n) is 10.1. The van der Waals surface area contributed by atoms with Gasteiger partial charge in [-0.15, -0.1) is 0 Å². The Labute approximate surface area is 140 Å². The van der Waals surface area contributed by atoms with Gasteiger partial charge in [0.1, 0.15) is 0 Å². The van der Waals surface area contributed by atoms with E-state index in [1.165, 1.54) is 17.8 Å². The summed E-state index contributed by atoms with van der Waals surface area (Å²) in [5, 5.41) is 2.84. The van der Waals surface area contributed by atoms with Crippen LogP contribution in [0.15, 0.2) is 63.3 Å². The maximum atomic E-state index is 11.9. The lowest BCUT2D eigenvalue weighted by Crippen LogP contribution is -1.92. The lowest BCUT2D eigenvalue weighted by molar-refractivity contribution is 0.104. The van der Waals surface area contributed by atoms with Crippen molar-refractivity contribution >= 4 is 56.7 Å². The molecule has 20 heavy (non-hydrogen) atoms. The van der Waals surface area contributed by atoms with Gasteiger partial charge in [0.05, 0.1) is 10.0 Å². The molecule has 0 spiro atoms. The summed E-state index contributed by atoms with van der Waals surface area (Å²) >= 11 is 16.8. The normalized spacial score (nSPS) is 10.9. The van der Waals surface area contributed by atoms with Crippen LogP contribution in [-0.2, 0) is 0 Å². The third-order valence-electron chi connectivity index (χ3n) is 2.45. The largest absolute Gasteiger partial charge is 0.289 e. The maximum Gasteiger partial charge on any atom is 0.186 e. The standard InChI is InChI=1S/C15H9BrCl2OS/c16-11-6-4-10(5-7-11)14(19)8-9-20-15-12(17)2-1-3-13(15)18/h1-9H/b9-8+. The molecular formula is C15H9BrCl2OS. The van der Waals surface area contributed by atoms with E-state index in [1.54, 1.807) is 35.7 Å². The number of hydrogen-bond donors (Lipinski definition) is 0.